The molecule has 1 aliphatic heterocycles. The smallest absolute Gasteiger partial charge is 0.161 e. The first-order valence-electron chi connectivity index (χ1n) is 4.90. The molecule has 2 rings (SSSR count). The van der Waals surface area contributed by atoms with Crippen molar-refractivity contribution >= 4 is 0 Å². The molecule has 0 fully saturated rings. The third-order valence-electron chi connectivity index (χ3n) is 2.54. The Morgan fingerprint density at radius 1 is 1.43 bits per heavy atom. The number of para-hydroxylation sites is 2. The van der Waals surface area contributed by atoms with Crippen LogP contribution in [0.2, 0.25) is 0 Å². The molecule has 3 nitrogen and oxygen atoms in total. The quantitative estimate of drug-likeness (QED) is 0.772. The first-order chi connectivity index (χ1) is 6.81. The van der Waals surface area contributed by atoms with E-state index in [0.29, 0.717) is 19.1 Å². The molecule has 76 valence electrons. The van der Waals surface area contributed by atoms with E-state index >= 15 is 0 Å². The second-order valence-electron chi connectivity index (χ2n) is 3.63. The zero-order chi connectivity index (χ0) is 9.97. The van der Waals surface area contributed by atoms with Gasteiger partial charge in [0, 0.05) is 5.92 Å². The van der Waals surface area contributed by atoms with Gasteiger partial charge in [-0.1, -0.05) is 19.1 Å². The van der Waals surface area contributed by atoms with E-state index in [2.05, 4.69) is 6.92 Å². The summed E-state index contributed by atoms with van der Waals surface area (Å²) in [4.78, 5) is 0. The number of ether oxygens (including phenoxy) is 2. The van der Waals surface area contributed by atoms with Crippen molar-refractivity contribution in [3.8, 4) is 11.5 Å². The molecule has 0 saturated heterocycles. The van der Waals surface area contributed by atoms with Gasteiger partial charge in [0.05, 0.1) is 0 Å². The van der Waals surface area contributed by atoms with Crippen LogP contribution in [0.5, 0.6) is 11.5 Å². The first-order valence-corrected chi connectivity index (χ1v) is 4.90. The summed E-state index contributed by atoms with van der Waals surface area (Å²) in [6.07, 6.45) is 0.0786. The number of rotatable bonds is 2. The molecule has 2 N–H and O–H groups in total. The van der Waals surface area contributed by atoms with Crippen LogP contribution in [0, 0.1) is 5.92 Å². The van der Waals surface area contributed by atoms with Gasteiger partial charge in [-0.3, -0.25) is 0 Å². The Balaban J connectivity index is 2.13. The molecular formula is C11H15NO2. The average molecular weight is 193 g/mol. The molecule has 0 aromatic heterocycles. The largest absolute Gasteiger partial charge is 0.486 e. The molecular weight excluding hydrogens is 178 g/mol. The minimum absolute atomic E-state index is 0.0786. The summed E-state index contributed by atoms with van der Waals surface area (Å²) in [5.41, 5.74) is 5.59. The maximum Gasteiger partial charge on any atom is 0.161 e. The fraction of sp³-hybridized carbons (Fsp3) is 0.455. The van der Waals surface area contributed by atoms with Crippen LogP contribution < -0.4 is 15.2 Å². The topological polar surface area (TPSA) is 44.5 Å². The Morgan fingerprint density at radius 2 is 2.14 bits per heavy atom. The molecule has 1 aromatic rings. The van der Waals surface area contributed by atoms with Gasteiger partial charge in [0.15, 0.2) is 11.5 Å². The van der Waals surface area contributed by atoms with Gasteiger partial charge in [0.25, 0.3) is 0 Å². The zero-order valence-electron chi connectivity index (χ0n) is 8.27. The molecule has 3 heteroatoms. The molecule has 1 heterocycles. The zero-order valence-corrected chi connectivity index (χ0v) is 8.27. The number of hydrogen-bond acceptors (Lipinski definition) is 3. The maximum absolute atomic E-state index is 5.78. The van der Waals surface area contributed by atoms with Gasteiger partial charge in [-0.2, -0.15) is 0 Å². The van der Waals surface area contributed by atoms with Crippen LogP contribution in [0.4, 0.5) is 0 Å². The van der Waals surface area contributed by atoms with E-state index in [0.717, 1.165) is 11.5 Å². The predicted octanol–water partition coefficient (Wildman–Crippen LogP) is 1.42. The molecule has 0 spiro atoms. The molecule has 1 aromatic carbocycles. The minimum Gasteiger partial charge on any atom is -0.486 e. The summed E-state index contributed by atoms with van der Waals surface area (Å²) in [5.74, 6) is 1.97. The van der Waals surface area contributed by atoms with Crippen molar-refractivity contribution in [2.24, 2.45) is 11.7 Å². The van der Waals surface area contributed by atoms with E-state index in [9.17, 15) is 0 Å². The molecule has 0 radical (unpaired) electrons. The van der Waals surface area contributed by atoms with Crippen molar-refractivity contribution in [2.45, 2.75) is 13.0 Å². The Morgan fingerprint density at radius 3 is 2.86 bits per heavy atom. The summed E-state index contributed by atoms with van der Waals surface area (Å²) in [6, 6.07) is 7.72. The van der Waals surface area contributed by atoms with Crippen molar-refractivity contribution in [1.29, 1.82) is 0 Å². The molecule has 14 heavy (non-hydrogen) atoms. The fourth-order valence-corrected chi connectivity index (χ4v) is 1.47. The second kappa shape index (κ2) is 3.88. The van der Waals surface area contributed by atoms with Crippen molar-refractivity contribution < 1.29 is 9.47 Å². The van der Waals surface area contributed by atoms with Crippen molar-refractivity contribution in [3.05, 3.63) is 24.3 Å². The molecule has 2 unspecified atom stereocenters. The summed E-state index contributed by atoms with van der Waals surface area (Å²) >= 11 is 0. The van der Waals surface area contributed by atoms with E-state index in [-0.39, 0.29) is 6.10 Å². The van der Waals surface area contributed by atoms with Crippen LogP contribution in [0.15, 0.2) is 24.3 Å². The summed E-state index contributed by atoms with van der Waals surface area (Å²) in [7, 11) is 0. The summed E-state index contributed by atoms with van der Waals surface area (Å²) < 4.78 is 11.4. The van der Waals surface area contributed by atoms with Crippen LogP contribution >= 0.6 is 0 Å². The van der Waals surface area contributed by atoms with E-state index < -0.39 is 0 Å². The normalized spacial score (nSPS) is 21.7. The molecule has 2 atom stereocenters. The number of benzene rings is 1. The van der Waals surface area contributed by atoms with E-state index in [1.807, 2.05) is 24.3 Å². The summed E-state index contributed by atoms with van der Waals surface area (Å²) in [5, 5.41) is 0. The van der Waals surface area contributed by atoms with Gasteiger partial charge in [-0.15, -0.1) is 0 Å². The first kappa shape index (κ1) is 9.34. The molecule has 0 bridgehead atoms. The average Bonchev–Trinajstić information content (AvgIpc) is 2.27. The second-order valence-corrected chi connectivity index (χ2v) is 3.63. The molecule has 0 saturated carbocycles. The lowest BCUT2D eigenvalue weighted by Crippen LogP contribution is -2.38. The van der Waals surface area contributed by atoms with Gasteiger partial charge in [-0.05, 0) is 18.7 Å². The van der Waals surface area contributed by atoms with E-state index in [1.54, 1.807) is 0 Å². The monoisotopic (exact) mass is 193 g/mol. The Bertz CT molecular complexity index is 314. The van der Waals surface area contributed by atoms with Gasteiger partial charge in [-0.25, -0.2) is 0 Å². The number of nitrogens with two attached hydrogens (primary N) is 1. The third kappa shape index (κ3) is 1.68. The molecule has 1 aliphatic rings. The molecule has 0 aliphatic carbocycles. The minimum atomic E-state index is 0.0786. The van der Waals surface area contributed by atoms with E-state index in [1.165, 1.54) is 0 Å². The van der Waals surface area contributed by atoms with Crippen molar-refractivity contribution in [3.63, 3.8) is 0 Å². The highest BCUT2D eigenvalue weighted by atomic mass is 16.6. The van der Waals surface area contributed by atoms with Crippen LogP contribution in [-0.2, 0) is 0 Å². The lowest BCUT2D eigenvalue weighted by atomic mass is 10.1. The Kier molecular flexibility index (Phi) is 2.59. The van der Waals surface area contributed by atoms with Gasteiger partial charge in [0.1, 0.15) is 12.7 Å². The van der Waals surface area contributed by atoms with Gasteiger partial charge in [0.2, 0.25) is 0 Å². The SMILES string of the molecule is CC(CN)C1COc2ccccc2O1. The van der Waals surface area contributed by atoms with Crippen LogP contribution in [0.25, 0.3) is 0 Å². The number of hydrogen-bond donors (Lipinski definition) is 1. The van der Waals surface area contributed by atoms with Crippen molar-refractivity contribution in [1.82, 2.24) is 0 Å². The highest BCUT2D eigenvalue weighted by Crippen LogP contribution is 2.32. The lowest BCUT2D eigenvalue weighted by Gasteiger charge is -2.29. The van der Waals surface area contributed by atoms with Crippen LogP contribution in [0.1, 0.15) is 6.92 Å². The number of fused-ring (bicyclic) bond motifs is 1. The lowest BCUT2D eigenvalue weighted by molar-refractivity contribution is 0.0561. The van der Waals surface area contributed by atoms with E-state index in [4.69, 9.17) is 15.2 Å². The predicted molar refractivity (Wildman–Crippen MR) is 54.6 cm³/mol. The van der Waals surface area contributed by atoms with Crippen LogP contribution in [-0.4, -0.2) is 19.3 Å². The molecule has 0 amide bonds. The highest BCUT2D eigenvalue weighted by Gasteiger charge is 2.24. The maximum atomic E-state index is 5.78. The Hall–Kier alpha value is -1.22. The summed E-state index contributed by atoms with van der Waals surface area (Å²) in [6.45, 7) is 3.29. The standard InChI is InChI=1S/C11H15NO2/c1-8(6-12)11-7-13-9-4-2-3-5-10(9)14-11/h2-5,8,11H,6-7,12H2,1H3. The fourth-order valence-electron chi connectivity index (χ4n) is 1.47. The van der Waals surface area contributed by atoms with Crippen LogP contribution in [0.3, 0.4) is 0 Å². The third-order valence-corrected chi connectivity index (χ3v) is 2.54. The Labute approximate surface area is 83.8 Å². The highest BCUT2D eigenvalue weighted by molar-refractivity contribution is 5.40. The van der Waals surface area contributed by atoms with Gasteiger partial charge < -0.3 is 15.2 Å². The van der Waals surface area contributed by atoms with Gasteiger partial charge >= 0.3 is 0 Å². The van der Waals surface area contributed by atoms with Crippen molar-refractivity contribution in [2.75, 3.05) is 13.2 Å².